The first-order chi connectivity index (χ1) is 13.1. The lowest BCUT2D eigenvalue weighted by Gasteiger charge is -2.05. The predicted octanol–water partition coefficient (Wildman–Crippen LogP) is 1.62. The fourth-order valence-corrected chi connectivity index (χ4v) is 2.61. The van der Waals surface area contributed by atoms with E-state index in [0.717, 1.165) is 5.56 Å². The lowest BCUT2D eigenvalue weighted by atomic mass is 10.1. The third kappa shape index (κ3) is 5.27. The molecule has 1 aromatic carbocycles. The summed E-state index contributed by atoms with van der Waals surface area (Å²) in [5.41, 5.74) is 1.37. The first-order valence-electron chi connectivity index (χ1n) is 8.73. The van der Waals surface area contributed by atoms with E-state index in [9.17, 15) is 9.59 Å². The molecule has 27 heavy (non-hydrogen) atoms. The fourth-order valence-electron chi connectivity index (χ4n) is 2.61. The van der Waals surface area contributed by atoms with Crippen LogP contribution in [-0.4, -0.2) is 37.7 Å². The summed E-state index contributed by atoms with van der Waals surface area (Å²) >= 11 is 0. The minimum atomic E-state index is -0.282. The predicted molar refractivity (Wildman–Crippen MR) is 101 cm³/mol. The number of benzene rings is 1. The molecular formula is C19H22N6O2. The summed E-state index contributed by atoms with van der Waals surface area (Å²) in [6.07, 6.45) is 6.23. The number of imidazole rings is 1. The lowest BCUT2D eigenvalue weighted by Crippen LogP contribution is -2.27. The Kier molecular flexibility index (Phi) is 5.98. The minimum absolute atomic E-state index is 0.117. The zero-order chi connectivity index (χ0) is 19.1. The van der Waals surface area contributed by atoms with E-state index >= 15 is 0 Å². The van der Waals surface area contributed by atoms with Gasteiger partial charge in [0, 0.05) is 45.0 Å². The van der Waals surface area contributed by atoms with Gasteiger partial charge in [-0.2, -0.15) is 5.10 Å². The largest absolute Gasteiger partial charge is 0.349 e. The summed E-state index contributed by atoms with van der Waals surface area (Å²) in [6.45, 7) is 1.09. The van der Waals surface area contributed by atoms with Crippen molar-refractivity contribution < 1.29 is 9.59 Å². The number of hydrogen-bond acceptors (Lipinski definition) is 4. The van der Waals surface area contributed by atoms with Gasteiger partial charge < -0.3 is 15.2 Å². The molecule has 140 valence electrons. The van der Waals surface area contributed by atoms with Crippen molar-refractivity contribution in [1.29, 1.82) is 0 Å². The molecule has 0 fully saturated rings. The van der Waals surface area contributed by atoms with E-state index in [1.807, 2.05) is 41.1 Å². The minimum Gasteiger partial charge on any atom is -0.349 e. The van der Waals surface area contributed by atoms with Gasteiger partial charge in [0.25, 0.3) is 5.91 Å². The summed E-state index contributed by atoms with van der Waals surface area (Å²) in [6, 6.07) is 11.4. The monoisotopic (exact) mass is 366 g/mol. The van der Waals surface area contributed by atoms with Gasteiger partial charge in [-0.3, -0.25) is 14.3 Å². The summed E-state index contributed by atoms with van der Waals surface area (Å²) in [5, 5.41) is 9.77. The van der Waals surface area contributed by atoms with Crippen LogP contribution in [0, 0.1) is 0 Å². The highest BCUT2D eigenvalue weighted by Gasteiger charge is 2.14. The number of carbonyl (C=O) groups is 2. The number of anilines is 1. The fraction of sp³-hybridized carbons (Fsp3) is 0.263. The van der Waals surface area contributed by atoms with Gasteiger partial charge in [0.15, 0.2) is 5.69 Å². The molecule has 3 aromatic rings. The maximum Gasteiger partial charge on any atom is 0.271 e. The number of nitrogens with one attached hydrogen (secondary N) is 2. The van der Waals surface area contributed by atoms with Gasteiger partial charge in [0.2, 0.25) is 5.91 Å². The van der Waals surface area contributed by atoms with Crippen LogP contribution in [0.1, 0.15) is 22.5 Å². The molecule has 0 saturated heterocycles. The van der Waals surface area contributed by atoms with Crippen molar-refractivity contribution in [1.82, 2.24) is 24.6 Å². The highest BCUT2D eigenvalue weighted by Crippen LogP contribution is 2.11. The zero-order valence-electron chi connectivity index (χ0n) is 15.1. The summed E-state index contributed by atoms with van der Waals surface area (Å²) in [5.74, 6) is 0.0947. The molecule has 2 aromatic heterocycles. The molecule has 2 heterocycles. The lowest BCUT2D eigenvalue weighted by molar-refractivity contribution is -0.116. The summed E-state index contributed by atoms with van der Waals surface area (Å²) in [7, 11) is 1.69. The Hall–Kier alpha value is -3.42. The molecule has 0 radical (unpaired) electrons. The SMILES string of the molecule is Cn1nc(C(=O)NCCn2ccnc2)cc1NC(=O)CCc1ccccc1. The van der Waals surface area contributed by atoms with Crippen molar-refractivity contribution in [2.45, 2.75) is 19.4 Å². The van der Waals surface area contributed by atoms with Crippen molar-refractivity contribution in [3.8, 4) is 0 Å². The quantitative estimate of drug-likeness (QED) is 0.633. The van der Waals surface area contributed by atoms with Crippen molar-refractivity contribution in [2.24, 2.45) is 7.05 Å². The van der Waals surface area contributed by atoms with Crippen LogP contribution >= 0.6 is 0 Å². The van der Waals surface area contributed by atoms with Crippen molar-refractivity contribution in [3.63, 3.8) is 0 Å². The molecule has 2 amide bonds. The highest BCUT2D eigenvalue weighted by atomic mass is 16.2. The van der Waals surface area contributed by atoms with E-state index in [-0.39, 0.29) is 17.5 Å². The maximum absolute atomic E-state index is 12.2. The number of rotatable bonds is 8. The Balaban J connectivity index is 1.49. The van der Waals surface area contributed by atoms with Crippen molar-refractivity contribution >= 4 is 17.6 Å². The van der Waals surface area contributed by atoms with Crippen LogP contribution in [0.15, 0.2) is 55.1 Å². The van der Waals surface area contributed by atoms with Crippen LogP contribution in [0.5, 0.6) is 0 Å². The van der Waals surface area contributed by atoms with Gasteiger partial charge in [-0.25, -0.2) is 4.98 Å². The number of aromatic nitrogens is 4. The second kappa shape index (κ2) is 8.79. The third-order valence-corrected chi connectivity index (χ3v) is 4.08. The van der Waals surface area contributed by atoms with E-state index in [1.54, 1.807) is 25.6 Å². The van der Waals surface area contributed by atoms with E-state index in [4.69, 9.17) is 0 Å². The smallest absolute Gasteiger partial charge is 0.271 e. The highest BCUT2D eigenvalue weighted by molar-refractivity contribution is 5.95. The average Bonchev–Trinajstić information content (AvgIpc) is 3.31. The van der Waals surface area contributed by atoms with Gasteiger partial charge in [-0.1, -0.05) is 30.3 Å². The maximum atomic E-state index is 12.2. The Labute approximate surface area is 157 Å². The Morgan fingerprint density at radius 2 is 2.00 bits per heavy atom. The molecule has 0 unspecified atom stereocenters. The van der Waals surface area contributed by atoms with Gasteiger partial charge in [-0.15, -0.1) is 0 Å². The van der Waals surface area contributed by atoms with Crippen LogP contribution in [0.25, 0.3) is 0 Å². The van der Waals surface area contributed by atoms with Crippen molar-refractivity contribution in [3.05, 3.63) is 66.4 Å². The second-order valence-corrected chi connectivity index (χ2v) is 6.13. The van der Waals surface area contributed by atoms with Crippen LogP contribution in [0.3, 0.4) is 0 Å². The van der Waals surface area contributed by atoms with E-state index in [1.165, 1.54) is 4.68 Å². The number of aryl methyl sites for hydroxylation is 2. The number of amides is 2. The number of carbonyl (C=O) groups excluding carboxylic acids is 2. The summed E-state index contributed by atoms with van der Waals surface area (Å²) in [4.78, 5) is 28.3. The first-order valence-corrected chi connectivity index (χ1v) is 8.73. The second-order valence-electron chi connectivity index (χ2n) is 6.13. The standard InChI is InChI=1S/C19H22N6O2/c1-24-17(22-18(26)8-7-15-5-3-2-4-6-15)13-16(23-24)19(27)21-10-12-25-11-9-20-14-25/h2-6,9,11,13-14H,7-8,10,12H2,1H3,(H,21,27)(H,22,26). The van der Waals surface area contributed by atoms with E-state index in [2.05, 4.69) is 20.7 Å². The molecule has 0 aliphatic rings. The molecule has 0 spiro atoms. The molecule has 3 rings (SSSR count). The molecule has 2 N–H and O–H groups in total. The molecule has 0 bridgehead atoms. The van der Waals surface area contributed by atoms with E-state index < -0.39 is 0 Å². The van der Waals surface area contributed by atoms with Gasteiger partial charge in [0.1, 0.15) is 5.82 Å². The Bertz CT molecular complexity index is 886. The first kappa shape index (κ1) is 18.4. The van der Waals surface area contributed by atoms with Crippen LogP contribution in [0.4, 0.5) is 5.82 Å². The van der Waals surface area contributed by atoms with Gasteiger partial charge in [0.05, 0.1) is 6.33 Å². The molecule has 0 saturated carbocycles. The number of hydrogen-bond donors (Lipinski definition) is 2. The molecule has 8 nitrogen and oxygen atoms in total. The molecular weight excluding hydrogens is 344 g/mol. The molecule has 8 heteroatoms. The van der Waals surface area contributed by atoms with Gasteiger partial charge in [-0.05, 0) is 12.0 Å². The van der Waals surface area contributed by atoms with Crippen LogP contribution < -0.4 is 10.6 Å². The molecule has 0 aliphatic heterocycles. The summed E-state index contributed by atoms with van der Waals surface area (Å²) < 4.78 is 3.36. The van der Waals surface area contributed by atoms with Crippen LogP contribution in [-0.2, 0) is 24.8 Å². The number of nitrogens with zero attached hydrogens (tertiary/aromatic N) is 4. The topological polar surface area (TPSA) is 93.8 Å². The Morgan fingerprint density at radius 3 is 2.74 bits per heavy atom. The van der Waals surface area contributed by atoms with Gasteiger partial charge >= 0.3 is 0 Å². The third-order valence-electron chi connectivity index (χ3n) is 4.08. The molecule has 0 aliphatic carbocycles. The normalized spacial score (nSPS) is 10.6. The van der Waals surface area contributed by atoms with Crippen molar-refractivity contribution in [2.75, 3.05) is 11.9 Å². The Morgan fingerprint density at radius 1 is 1.19 bits per heavy atom. The van der Waals surface area contributed by atoms with Crippen LogP contribution in [0.2, 0.25) is 0 Å². The molecule has 0 atom stereocenters. The average molecular weight is 366 g/mol. The zero-order valence-corrected chi connectivity index (χ0v) is 15.1. The van der Waals surface area contributed by atoms with E-state index in [0.29, 0.717) is 31.7 Å².